The molecule has 0 bridgehead atoms. The summed E-state index contributed by atoms with van der Waals surface area (Å²) in [6, 6.07) is 13.5. The monoisotopic (exact) mass is 328 g/mol. The highest BCUT2D eigenvalue weighted by Crippen LogP contribution is 2.24. The van der Waals surface area contributed by atoms with Gasteiger partial charge < -0.3 is 5.32 Å². The van der Waals surface area contributed by atoms with Crippen LogP contribution in [-0.4, -0.2) is 16.1 Å². The molecule has 3 nitrogen and oxygen atoms in total. The van der Waals surface area contributed by atoms with Crippen LogP contribution in [0.25, 0.3) is 10.2 Å². The van der Waals surface area contributed by atoms with Gasteiger partial charge in [0, 0.05) is 21.4 Å². The van der Waals surface area contributed by atoms with Crippen LogP contribution >= 0.6 is 23.1 Å². The highest BCUT2D eigenvalue weighted by Gasteiger charge is 2.08. The van der Waals surface area contributed by atoms with Crippen molar-refractivity contribution >= 4 is 44.9 Å². The molecule has 0 unspecified atom stereocenters. The fourth-order valence-electron chi connectivity index (χ4n) is 2.09. The van der Waals surface area contributed by atoms with E-state index in [1.54, 1.807) is 28.6 Å². The molecule has 0 aliphatic carbocycles. The summed E-state index contributed by atoms with van der Waals surface area (Å²) in [4.78, 5) is 17.7. The average molecular weight is 328 g/mol. The first kappa shape index (κ1) is 15.1. The zero-order chi connectivity index (χ0) is 15.5. The lowest BCUT2D eigenvalue weighted by atomic mass is 10.2. The minimum absolute atomic E-state index is 0.0926. The summed E-state index contributed by atoms with van der Waals surface area (Å²) in [6.45, 7) is 4.31. The number of nitrogens with one attached hydrogen (secondary N) is 1. The first-order valence-electron chi connectivity index (χ1n) is 7.03. The highest BCUT2D eigenvalue weighted by molar-refractivity contribution is 7.99. The van der Waals surface area contributed by atoms with Crippen molar-refractivity contribution < 1.29 is 4.79 Å². The molecule has 0 aliphatic rings. The average Bonchev–Trinajstić information content (AvgIpc) is 2.95. The van der Waals surface area contributed by atoms with Crippen LogP contribution in [0.3, 0.4) is 0 Å². The molecule has 0 spiro atoms. The van der Waals surface area contributed by atoms with Crippen molar-refractivity contribution in [2.75, 3.05) is 5.32 Å². The smallest absolute Gasteiger partial charge is 0.255 e. The first-order valence-corrected chi connectivity index (χ1v) is 8.79. The lowest BCUT2D eigenvalue weighted by molar-refractivity contribution is 0.102. The van der Waals surface area contributed by atoms with Gasteiger partial charge in [0.15, 0.2) is 0 Å². The number of rotatable bonds is 4. The standard InChI is InChI=1S/C17H16N2OS2/c1-11(2)22-14-6-3-12(4-7-14)17(20)19-13-5-8-15-16(9-13)21-10-18-15/h3-11H,1-2H3,(H,19,20). The molecule has 0 saturated carbocycles. The molecular formula is C17H16N2OS2. The van der Waals surface area contributed by atoms with Crippen molar-refractivity contribution in [1.29, 1.82) is 0 Å². The molecule has 5 heteroatoms. The van der Waals surface area contributed by atoms with Crippen LogP contribution in [-0.2, 0) is 0 Å². The molecule has 3 rings (SSSR count). The maximum atomic E-state index is 12.3. The molecule has 2 aromatic carbocycles. The van der Waals surface area contributed by atoms with E-state index in [9.17, 15) is 4.79 Å². The van der Waals surface area contributed by atoms with Crippen LogP contribution in [0.15, 0.2) is 52.9 Å². The van der Waals surface area contributed by atoms with Crippen molar-refractivity contribution in [3.8, 4) is 0 Å². The molecule has 0 saturated heterocycles. The normalized spacial score (nSPS) is 11.0. The second-order valence-electron chi connectivity index (χ2n) is 5.18. The Bertz CT molecular complexity index is 794. The number of hydrogen-bond donors (Lipinski definition) is 1. The molecule has 0 atom stereocenters. The summed E-state index contributed by atoms with van der Waals surface area (Å²) in [5.74, 6) is -0.0926. The number of amides is 1. The SMILES string of the molecule is CC(C)Sc1ccc(C(=O)Nc2ccc3ncsc3c2)cc1. The third-order valence-electron chi connectivity index (χ3n) is 3.08. The minimum Gasteiger partial charge on any atom is -0.322 e. The van der Waals surface area contributed by atoms with Crippen molar-refractivity contribution in [2.24, 2.45) is 0 Å². The fourth-order valence-corrected chi connectivity index (χ4v) is 3.65. The molecule has 22 heavy (non-hydrogen) atoms. The van der Waals surface area contributed by atoms with E-state index in [0.29, 0.717) is 10.8 Å². The van der Waals surface area contributed by atoms with Gasteiger partial charge in [-0.05, 0) is 42.5 Å². The van der Waals surface area contributed by atoms with Gasteiger partial charge in [0.25, 0.3) is 5.91 Å². The van der Waals surface area contributed by atoms with Crippen molar-refractivity contribution in [3.63, 3.8) is 0 Å². The molecule has 112 valence electrons. The van der Waals surface area contributed by atoms with Gasteiger partial charge in [-0.25, -0.2) is 4.98 Å². The topological polar surface area (TPSA) is 42.0 Å². The van der Waals surface area contributed by atoms with Crippen LogP contribution in [0.5, 0.6) is 0 Å². The number of fused-ring (bicyclic) bond motifs is 1. The summed E-state index contributed by atoms with van der Waals surface area (Å²) in [5, 5.41) is 3.47. The number of nitrogens with zero attached hydrogens (tertiary/aromatic N) is 1. The van der Waals surface area contributed by atoms with E-state index in [4.69, 9.17) is 0 Å². The Labute approximate surface area is 137 Å². The predicted molar refractivity (Wildman–Crippen MR) is 95.0 cm³/mol. The number of carbonyl (C=O) groups excluding carboxylic acids is 1. The molecule has 1 aromatic heterocycles. The maximum Gasteiger partial charge on any atom is 0.255 e. The molecule has 3 aromatic rings. The Hall–Kier alpha value is -1.85. The summed E-state index contributed by atoms with van der Waals surface area (Å²) in [5.41, 5.74) is 4.22. The number of carbonyl (C=O) groups is 1. The summed E-state index contributed by atoms with van der Waals surface area (Å²) >= 11 is 3.35. The van der Waals surface area contributed by atoms with Crippen LogP contribution < -0.4 is 5.32 Å². The first-order chi connectivity index (χ1) is 10.6. The Morgan fingerprint density at radius 2 is 1.95 bits per heavy atom. The van der Waals surface area contributed by atoms with Crippen molar-refractivity contribution in [2.45, 2.75) is 24.0 Å². The molecular weight excluding hydrogens is 312 g/mol. The molecule has 0 fully saturated rings. The number of aromatic nitrogens is 1. The van der Waals surface area contributed by atoms with Gasteiger partial charge in [-0.2, -0.15) is 0 Å². The summed E-state index contributed by atoms with van der Waals surface area (Å²) in [6.07, 6.45) is 0. The number of hydrogen-bond acceptors (Lipinski definition) is 4. The van der Waals surface area contributed by atoms with Gasteiger partial charge in [0.2, 0.25) is 0 Å². The zero-order valence-electron chi connectivity index (χ0n) is 12.4. The Morgan fingerprint density at radius 1 is 1.18 bits per heavy atom. The molecule has 0 aliphatic heterocycles. The third kappa shape index (κ3) is 3.48. The van der Waals surface area contributed by atoms with Gasteiger partial charge in [0.05, 0.1) is 15.7 Å². The molecule has 0 radical (unpaired) electrons. The number of thioether (sulfide) groups is 1. The predicted octanol–water partition coefficient (Wildman–Crippen LogP) is 5.05. The largest absolute Gasteiger partial charge is 0.322 e. The summed E-state index contributed by atoms with van der Waals surface area (Å²) in [7, 11) is 0. The molecule has 1 amide bonds. The number of anilines is 1. The van der Waals surface area contributed by atoms with E-state index in [2.05, 4.69) is 24.1 Å². The van der Waals surface area contributed by atoms with Gasteiger partial charge >= 0.3 is 0 Å². The van der Waals surface area contributed by atoms with Gasteiger partial charge in [-0.3, -0.25) is 4.79 Å². The van der Waals surface area contributed by atoms with Crippen molar-refractivity contribution in [3.05, 3.63) is 53.5 Å². The quantitative estimate of drug-likeness (QED) is 0.682. The van der Waals surface area contributed by atoms with E-state index in [0.717, 1.165) is 15.9 Å². The van der Waals surface area contributed by atoms with E-state index in [-0.39, 0.29) is 5.91 Å². The Kier molecular flexibility index (Phi) is 4.45. The Balaban J connectivity index is 1.73. The van der Waals surface area contributed by atoms with Gasteiger partial charge in [0.1, 0.15) is 0 Å². The second kappa shape index (κ2) is 6.50. The van der Waals surface area contributed by atoms with E-state index in [1.807, 2.05) is 42.5 Å². The zero-order valence-corrected chi connectivity index (χ0v) is 14.0. The second-order valence-corrected chi connectivity index (χ2v) is 7.72. The molecule has 1 heterocycles. The van der Waals surface area contributed by atoms with Crippen LogP contribution in [0.4, 0.5) is 5.69 Å². The van der Waals surface area contributed by atoms with Crippen LogP contribution in [0.2, 0.25) is 0 Å². The van der Waals surface area contributed by atoms with Gasteiger partial charge in [-0.15, -0.1) is 23.1 Å². The maximum absolute atomic E-state index is 12.3. The van der Waals surface area contributed by atoms with E-state index in [1.165, 1.54) is 4.90 Å². The Morgan fingerprint density at radius 3 is 2.68 bits per heavy atom. The number of thiazole rings is 1. The lowest BCUT2D eigenvalue weighted by Gasteiger charge is -2.07. The fraction of sp³-hybridized carbons (Fsp3) is 0.176. The van der Waals surface area contributed by atoms with E-state index >= 15 is 0 Å². The minimum atomic E-state index is -0.0926. The van der Waals surface area contributed by atoms with Crippen LogP contribution in [0.1, 0.15) is 24.2 Å². The lowest BCUT2D eigenvalue weighted by Crippen LogP contribution is -2.11. The third-order valence-corrected chi connectivity index (χ3v) is 4.88. The summed E-state index contributed by atoms with van der Waals surface area (Å²) < 4.78 is 1.07. The van der Waals surface area contributed by atoms with Crippen LogP contribution in [0, 0.1) is 0 Å². The molecule has 1 N–H and O–H groups in total. The highest BCUT2D eigenvalue weighted by atomic mass is 32.2. The van der Waals surface area contributed by atoms with E-state index < -0.39 is 0 Å². The number of benzene rings is 2. The van der Waals surface area contributed by atoms with Gasteiger partial charge in [-0.1, -0.05) is 13.8 Å². The van der Waals surface area contributed by atoms with Crippen molar-refractivity contribution in [1.82, 2.24) is 4.98 Å².